The number of fused-ring (bicyclic) bond motifs is 3. The molecule has 0 radical (unpaired) electrons. The van der Waals surface area contributed by atoms with Crippen LogP contribution in [0.25, 0.3) is 11.1 Å². The number of allylic oxidation sites excluding steroid dienone is 4. The first-order valence-corrected chi connectivity index (χ1v) is 12.6. The molecule has 3 aromatic carbocycles. The third-order valence-electron chi connectivity index (χ3n) is 5.75. The molecule has 3 heteroatoms. The van der Waals surface area contributed by atoms with Crippen molar-refractivity contribution in [1.29, 1.82) is 0 Å². The molecule has 0 heterocycles. The van der Waals surface area contributed by atoms with E-state index in [0.29, 0.717) is 11.8 Å². The molecule has 34 heavy (non-hydrogen) atoms. The quantitative estimate of drug-likeness (QED) is 0.325. The Morgan fingerprint density at radius 3 is 2.06 bits per heavy atom. The van der Waals surface area contributed by atoms with Gasteiger partial charge in [-0.1, -0.05) is 74.9 Å². The van der Waals surface area contributed by atoms with E-state index in [2.05, 4.69) is 114 Å². The molecule has 0 bridgehead atoms. The standard InChI is InChI=1S/C13H9.C10H15.C8H8.2ClH.Zr/c1-3-7-12-10(5-1)9-11-6-2-4-8-13(11)12;1-7(2)10-6-8(3)5-9(10)4;1-2-8-6-4-3-5-7-8;;;/h1-5,7-8H,9H2;6-8H,1-4H3;3-7H,1H3;2*1H;/q2*-1;;;;+2/p-2. The zero-order valence-electron chi connectivity index (χ0n) is 20.6. The van der Waals surface area contributed by atoms with Crippen LogP contribution < -0.4 is 24.8 Å². The normalized spacial score (nSPS) is 14.5. The van der Waals surface area contributed by atoms with E-state index in [-0.39, 0.29) is 24.8 Å². The summed E-state index contributed by atoms with van der Waals surface area (Å²) in [4.78, 5) is 0. The molecule has 1 atom stereocenters. The second-order valence-corrected chi connectivity index (χ2v) is 10.6. The van der Waals surface area contributed by atoms with Gasteiger partial charge >= 0.3 is 70.3 Å². The first-order valence-electron chi connectivity index (χ1n) is 11.4. The predicted molar refractivity (Wildman–Crippen MR) is 134 cm³/mol. The Bertz CT molecular complexity index is 1080. The molecule has 2 aliphatic rings. The molecular formula is C31H32Cl2Zr-2. The molecule has 0 aromatic heterocycles. The van der Waals surface area contributed by atoms with Crippen molar-refractivity contribution in [3.05, 3.63) is 119 Å². The Labute approximate surface area is 233 Å². The minimum atomic E-state index is 0. The van der Waals surface area contributed by atoms with Crippen LogP contribution in [0.15, 0.2) is 90.0 Å². The van der Waals surface area contributed by atoms with Crippen LogP contribution in [-0.4, -0.2) is 3.21 Å². The fraction of sp³-hybridized carbons (Fsp3) is 0.258. The monoisotopic (exact) mass is 564 g/mol. The third kappa shape index (κ3) is 8.30. The zero-order valence-corrected chi connectivity index (χ0v) is 24.6. The molecule has 0 aliphatic heterocycles. The van der Waals surface area contributed by atoms with Crippen LogP contribution in [0.4, 0.5) is 0 Å². The average Bonchev–Trinajstić information content (AvgIpc) is 3.34. The number of benzene rings is 3. The molecule has 176 valence electrons. The number of halogens is 2. The van der Waals surface area contributed by atoms with Gasteiger partial charge in [0.15, 0.2) is 0 Å². The van der Waals surface area contributed by atoms with E-state index in [1.165, 1.54) is 66.4 Å². The Morgan fingerprint density at radius 2 is 1.53 bits per heavy atom. The summed E-state index contributed by atoms with van der Waals surface area (Å²) in [7, 11) is 0. The summed E-state index contributed by atoms with van der Waals surface area (Å²) in [6.07, 6.45) is 6.73. The molecule has 0 amide bonds. The smallest absolute Gasteiger partial charge is 0.0253 e. The van der Waals surface area contributed by atoms with Crippen molar-refractivity contribution in [2.24, 2.45) is 11.8 Å². The second kappa shape index (κ2) is 14.8. The van der Waals surface area contributed by atoms with Gasteiger partial charge in [-0.15, -0.1) is 5.56 Å². The summed E-state index contributed by atoms with van der Waals surface area (Å²) in [5, 5.41) is 0. The topological polar surface area (TPSA) is 0 Å². The third-order valence-corrected chi connectivity index (χ3v) is 6.46. The molecule has 2 aliphatic carbocycles. The number of rotatable bonds is 2. The number of hydrogen-bond acceptors (Lipinski definition) is 0. The van der Waals surface area contributed by atoms with Crippen molar-refractivity contribution in [3.63, 3.8) is 0 Å². The fourth-order valence-electron chi connectivity index (χ4n) is 4.17. The Balaban J connectivity index is 0.000000253. The van der Waals surface area contributed by atoms with Crippen molar-refractivity contribution in [2.45, 2.75) is 41.0 Å². The maximum absolute atomic E-state index is 3.37. The summed E-state index contributed by atoms with van der Waals surface area (Å²) in [5.41, 5.74) is 9.71. The van der Waals surface area contributed by atoms with Crippen molar-refractivity contribution >= 4 is 3.21 Å². The SMILES string of the molecule is CC1=[C-]C(C)C=C1C(C)C.C[C](=[Zr+2])c1ccccc1.[Cl-].[Cl-].[c-]1cccc2c1Cc1ccccc1-2. The minimum Gasteiger partial charge on any atom is -1.00 e. The van der Waals surface area contributed by atoms with Crippen LogP contribution in [0, 0.1) is 24.0 Å². The van der Waals surface area contributed by atoms with Crippen LogP contribution in [-0.2, 0) is 30.7 Å². The number of hydrogen-bond donors (Lipinski definition) is 0. The summed E-state index contributed by atoms with van der Waals surface area (Å²) in [5.74, 6) is 1.20. The molecule has 0 spiro atoms. The van der Waals surface area contributed by atoms with Gasteiger partial charge in [-0.25, -0.2) is 5.57 Å². The van der Waals surface area contributed by atoms with Gasteiger partial charge in [-0.05, 0) is 6.42 Å². The minimum absolute atomic E-state index is 0. The van der Waals surface area contributed by atoms with Crippen LogP contribution in [0.1, 0.15) is 51.3 Å². The molecule has 0 N–H and O–H groups in total. The van der Waals surface area contributed by atoms with Gasteiger partial charge in [0.1, 0.15) is 0 Å². The molecule has 3 aromatic rings. The van der Waals surface area contributed by atoms with E-state index < -0.39 is 0 Å². The molecule has 0 saturated heterocycles. The van der Waals surface area contributed by atoms with Crippen LogP contribution in [0.3, 0.4) is 0 Å². The first kappa shape index (κ1) is 30.5. The largest absolute Gasteiger partial charge is 1.00 e. The first-order chi connectivity index (χ1) is 15.4. The molecular weight excluding hydrogens is 534 g/mol. The van der Waals surface area contributed by atoms with Gasteiger partial charge < -0.3 is 24.8 Å². The van der Waals surface area contributed by atoms with E-state index in [1.54, 1.807) is 0 Å². The summed E-state index contributed by atoms with van der Waals surface area (Å²) < 4.78 is 1.46. The molecule has 0 fully saturated rings. The fourth-order valence-corrected chi connectivity index (χ4v) is 4.58. The Hall–Kier alpha value is -1.53. The van der Waals surface area contributed by atoms with Crippen LogP contribution in [0.5, 0.6) is 0 Å². The summed E-state index contributed by atoms with van der Waals surface area (Å²) >= 11 is 1.51. The summed E-state index contributed by atoms with van der Waals surface area (Å²) in [6, 6.07) is 28.6. The van der Waals surface area contributed by atoms with Crippen LogP contribution in [0.2, 0.25) is 0 Å². The van der Waals surface area contributed by atoms with Crippen LogP contribution >= 0.6 is 0 Å². The zero-order chi connectivity index (χ0) is 23.1. The molecule has 5 rings (SSSR count). The Morgan fingerprint density at radius 1 is 0.912 bits per heavy atom. The predicted octanol–water partition coefficient (Wildman–Crippen LogP) is 1.81. The van der Waals surface area contributed by atoms with E-state index in [9.17, 15) is 0 Å². The van der Waals surface area contributed by atoms with Crippen molar-refractivity contribution in [1.82, 2.24) is 0 Å². The second-order valence-electron chi connectivity index (χ2n) is 8.72. The van der Waals surface area contributed by atoms with Crippen molar-refractivity contribution in [3.8, 4) is 11.1 Å². The van der Waals surface area contributed by atoms with Gasteiger partial charge in [0.2, 0.25) is 0 Å². The van der Waals surface area contributed by atoms with E-state index >= 15 is 0 Å². The van der Waals surface area contributed by atoms with Gasteiger partial charge in [0.25, 0.3) is 0 Å². The Kier molecular flexibility index (Phi) is 13.3. The van der Waals surface area contributed by atoms with E-state index in [0.717, 1.165) is 6.42 Å². The van der Waals surface area contributed by atoms with Gasteiger partial charge in [-0.3, -0.25) is 6.08 Å². The summed E-state index contributed by atoms with van der Waals surface area (Å²) in [6.45, 7) is 11.0. The van der Waals surface area contributed by atoms with Gasteiger partial charge in [0, 0.05) is 0 Å². The maximum Gasteiger partial charge on any atom is -0.0253 e. The van der Waals surface area contributed by atoms with Gasteiger partial charge in [-0.2, -0.15) is 41.5 Å². The maximum atomic E-state index is 3.37. The average molecular weight is 567 g/mol. The van der Waals surface area contributed by atoms with E-state index in [1.807, 2.05) is 12.1 Å². The van der Waals surface area contributed by atoms with Crippen molar-refractivity contribution in [2.75, 3.05) is 0 Å². The molecule has 1 unspecified atom stereocenters. The van der Waals surface area contributed by atoms with Crippen molar-refractivity contribution < 1.29 is 49.0 Å². The van der Waals surface area contributed by atoms with E-state index in [4.69, 9.17) is 0 Å². The molecule has 0 nitrogen and oxygen atoms in total. The van der Waals surface area contributed by atoms with Gasteiger partial charge in [0.05, 0.1) is 0 Å². The molecule has 0 saturated carbocycles.